The van der Waals surface area contributed by atoms with Crippen LogP contribution in [0.3, 0.4) is 0 Å². The molecule has 0 radical (unpaired) electrons. The lowest BCUT2D eigenvalue weighted by molar-refractivity contribution is -0.147. The molecule has 0 spiro atoms. The van der Waals surface area contributed by atoms with E-state index in [-0.39, 0.29) is 6.54 Å². The predicted octanol–water partition coefficient (Wildman–Crippen LogP) is -0.744. The summed E-state index contributed by atoms with van der Waals surface area (Å²) in [6.07, 6.45) is 2.94. The minimum atomic E-state index is -1.27. The van der Waals surface area contributed by atoms with Crippen molar-refractivity contribution in [3.8, 4) is 0 Å². The molecule has 144 valence electrons. The van der Waals surface area contributed by atoms with Gasteiger partial charge in [-0.15, -0.1) is 0 Å². The lowest BCUT2D eigenvalue weighted by Crippen LogP contribution is -2.51. The maximum atomic E-state index is 10.4. The Morgan fingerprint density at radius 1 is 1.28 bits per heavy atom. The molecule has 1 aromatic heterocycles. The molecule has 2 rings (SSSR count). The molecule has 8 nitrogen and oxygen atoms in total. The summed E-state index contributed by atoms with van der Waals surface area (Å²) in [5, 5.41) is 40.0. The topological polar surface area (TPSA) is 111 Å². The second-order valence-electron chi connectivity index (χ2n) is 6.82. The molecule has 0 saturated carbocycles. The molecule has 0 amide bonds. The van der Waals surface area contributed by atoms with Crippen molar-refractivity contribution in [3.05, 3.63) is 18.2 Å². The number of aliphatic hydroxyl groups excluding tert-OH is 4. The molecule has 0 unspecified atom stereocenters. The van der Waals surface area contributed by atoms with Crippen molar-refractivity contribution < 1.29 is 25.2 Å². The summed E-state index contributed by atoms with van der Waals surface area (Å²) in [5.41, 5.74) is 0.902. The van der Waals surface area contributed by atoms with Gasteiger partial charge in [-0.1, -0.05) is 12.8 Å². The van der Waals surface area contributed by atoms with Gasteiger partial charge in [0.15, 0.2) is 0 Å². The van der Waals surface area contributed by atoms with Gasteiger partial charge in [-0.05, 0) is 19.4 Å². The van der Waals surface area contributed by atoms with Gasteiger partial charge in [0.2, 0.25) is 0 Å². The van der Waals surface area contributed by atoms with Gasteiger partial charge in [0.05, 0.1) is 24.7 Å². The molecule has 2 heterocycles. The van der Waals surface area contributed by atoms with Gasteiger partial charge in [-0.25, -0.2) is 4.98 Å². The van der Waals surface area contributed by atoms with Crippen LogP contribution in [0, 0.1) is 0 Å². The molecule has 0 bridgehead atoms. The zero-order chi connectivity index (χ0) is 18.2. The number of aromatic nitrogens is 2. The smallest absolute Gasteiger partial charge is 0.114 e. The summed E-state index contributed by atoms with van der Waals surface area (Å²) in [6.45, 7) is 1.50. The molecule has 0 aromatic carbocycles. The maximum absolute atomic E-state index is 10.4. The van der Waals surface area contributed by atoms with E-state index >= 15 is 0 Å². The first kappa shape index (κ1) is 20.3. The van der Waals surface area contributed by atoms with E-state index in [0.717, 1.165) is 37.9 Å². The Bertz CT molecular complexity index is 498. The first-order valence-corrected chi connectivity index (χ1v) is 8.97. The highest BCUT2D eigenvalue weighted by Crippen LogP contribution is 2.15. The van der Waals surface area contributed by atoms with E-state index in [2.05, 4.69) is 9.88 Å². The van der Waals surface area contributed by atoms with Gasteiger partial charge >= 0.3 is 0 Å². The normalized spacial score (nSPS) is 28.9. The Kier molecular flexibility index (Phi) is 8.28. The second-order valence-corrected chi connectivity index (χ2v) is 6.82. The molecule has 4 atom stereocenters. The van der Waals surface area contributed by atoms with Crippen molar-refractivity contribution in [2.45, 2.75) is 56.6 Å². The van der Waals surface area contributed by atoms with E-state index in [0.29, 0.717) is 13.2 Å². The largest absolute Gasteiger partial charge is 0.394 e. The van der Waals surface area contributed by atoms with Crippen LogP contribution in [-0.2, 0) is 18.3 Å². The third kappa shape index (κ3) is 6.32. The summed E-state index contributed by atoms with van der Waals surface area (Å²) in [4.78, 5) is 6.38. The third-order valence-electron chi connectivity index (χ3n) is 4.57. The Labute approximate surface area is 148 Å². The number of aryl methyl sites for hydroxylation is 1. The standard InChI is InChI=1S/C17H31N3O5/c1-19-8-13(18-12-19)9-20-6-4-2-3-5-7-25-17(15(23)11-21)16(24)14(22)10-20/h8,12,14-17,21-24H,2-7,9-11H2,1H3/t14-,15-,16-,17-/m1/s1. The summed E-state index contributed by atoms with van der Waals surface area (Å²) in [7, 11) is 1.91. The van der Waals surface area contributed by atoms with Gasteiger partial charge < -0.3 is 29.7 Å². The summed E-state index contributed by atoms with van der Waals surface area (Å²) < 4.78 is 7.43. The van der Waals surface area contributed by atoms with E-state index in [1.165, 1.54) is 0 Å². The van der Waals surface area contributed by atoms with Gasteiger partial charge in [0.25, 0.3) is 0 Å². The fraction of sp³-hybridized carbons (Fsp3) is 0.824. The highest BCUT2D eigenvalue weighted by Gasteiger charge is 2.33. The van der Waals surface area contributed by atoms with E-state index in [1.54, 1.807) is 6.33 Å². The van der Waals surface area contributed by atoms with Gasteiger partial charge in [0.1, 0.15) is 18.3 Å². The second kappa shape index (κ2) is 10.2. The minimum Gasteiger partial charge on any atom is -0.394 e. The summed E-state index contributed by atoms with van der Waals surface area (Å²) >= 11 is 0. The van der Waals surface area contributed by atoms with Gasteiger partial charge in [-0.3, -0.25) is 4.90 Å². The average Bonchev–Trinajstić information content (AvgIpc) is 2.99. The first-order valence-electron chi connectivity index (χ1n) is 8.97. The Hall–Kier alpha value is -1.03. The lowest BCUT2D eigenvalue weighted by Gasteiger charge is -2.33. The molecule has 1 aromatic rings. The number of rotatable bonds is 4. The lowest BCUT2D eigenvalue weighted by atomic mass is 10.0. The zero-order valence-corrected chi connectivity index (χ0v) is 14.9. The van der Waals surface area contributed by atoms with E-state index in [4.69, 9.17) is 4.74 Å². The van der Waals surface area contributed by atoms with Crippen molar-refractivity contribution >= 4 is 0 Å². The molecule has 25 heavy (non-hydrogen) atoms. The van der Waals surface area contributed by atoms with Crippen LogP contribution in [0.15, 0.2) is 12.5 Å². The van der Waals surface area contributed by atoms with E-state index < -0.39 is 31.0 Å². The molecule has 1 aliphatic heterocycles. The van der Waals surface area contributed by atoms with Crippen LogP contribution in [0.2, 0.25) is 0 Å². The molecule has 1 saturated heterocycles. The molecule has 1 fully saturated rings. The fourth-order valence-corrected chi connectivity index (χ4v) is 3.16. The Morgan fingerprint density at radius 3 is 2.72 bits per heavy atom. The van der Waals surface area contributed by atoms with Crippen LogP contribution >= 0.6 is 0 Å². The number of aliphatic hydroxyl groups is 4. The highest BCUT2D eigenvalue weighted by atomic mass is 16.5. The van der Waals surface area contributed by atoms with Gasteiger partial charge in [-0.2, -0.15) is 0 Å². The van der Waals surface area contributed by atoms with Crippen molar-refractivity contribution in [1.82, 2.24) is 14.5 Å². The molecule has 4 N–H and O–H groups in total. The number of hydrogen-bond donors (Lipinski definition) is 4. The first-order chi connectivity index (χ1) is 12.0. The van der Waals surface area contributed by atoms with Crippen LogP contribution in [0.25, 0.3) is 0 Å². The maximum Gasteiger partial charge on any atom is 0.114 e. The van der Waals surface area contributed by atoms with Crippen LogP contribution in [-0.4, -0.2) is 85.6 Å². The third-order valence-corrected chi connectivity index (χ3v) is 4.57. The predicted molar refractivity (Wildman–Crippen MR) is 91.8 cm³/mol. The van der Waals surface area contributed by atoms with Crippen molar-refractivity contribution in [3.63, 3.8) is 0 Å². The summed E-state index contributed by atoms with van der Waals surface area (Å²) in [5.74, 6) is 0. The van der Waals surface area contributed by atoms with Crippen molar-refractivity contribution in [2.24, 2.45) is 7.05 Å². The highest BCUT2D eigenvalue weighted by molar-refractivity contribution is 4.96. The zero-order valence-electron chi connectivity index (χ0n) is 14.9. The average molecular weight is 357 g/mol. The quantitative estimate of drug-likeness (QED) is 0.561. The molecule has 8 heteroatoms. The van der Waals surface area contributed by atoms with Crippen molar-refractivity contribution in [1.29, 1.82) is 0 Å². The van der Waals surface area contributed by atoms with Crippen LogP contribution in [0.4, 0.5) is 0 Å². The van der Waals surface area contributed by atoms with Crippen LogP contribution < -0.4 is 0 Å². The number of imidazole rings is 1. The number of nitrogens with zero attached hydrogens (tertiary/aromatic N) is 3. The Morgan fingerprint density at radius 2 is 2.04 bits per heavy atom. The SMILES string of the molecule is Cn1cnc(CN2CCCCCCO[C@H]([C@H](O)CO)[C@H](O)[C@H](O)C2)c1. The fourth-order valence-electron chi connectivity index (χ4n) is 3.16. The van der Waals surface area contributed by atoms with E-state index in [1.807, 2.05) is 17.8 Å². The molecule has 0 aliphatic carbocycles. The number of hydrogen-bond acceptors (Lipinski definition) is 7. The monoisotopic (exact) mass is 357 g/mol. The van der Waals surface area contributed by atoms with E-state index in [9.17, 15) is 20.4 Å². The molecular formula is C17H31N3O5. The number of ether oxygens (including phenoxy) is 1. The number of β-amino-alcohol motifs (C(OH)–C–C–N with tert-alkyl or cyclic N) is 1. The molecule has 1 aliphatic rings. The molecular weight excluding hydrogens is 326 g/mol. The van der Waals surface area contributed by atoms with Gasteiger partial charge in [0, 0.05) is 32.9 Å². The Balaban J connectivity index is 2.05. The summed E-state index contributed by atoms with van der Waals surface area (Å²) in [6, 6.07) is 0. The van der Waals surface area contributed by atoms with Crippen LogP contribution in [0.1, 0.15) is 31.4 Å². The van der Waals surface area contributed by atoms with Crippen LogP contribution in [0.5, 0.6) is 0 Å². The van der Waals surface area contributed by atoms with Crippen molar-refractivity contribution in [2.75, 3.05) is 26.3 Å². The minimum absolute atomic E-state index is 0.246.